The van der Waals surface area contributed by atoms with Gasteiger partial charge in [0.15, 0.2) is 5.69 Å². The summed E-state index contributed by atoms with van der Waals surface area (Å²) in [6.45, 7) is 4.06. The molecule has 1 heterocycles. The lowest BCUT2D eigenvalue weighted by atomic mass is 10.0. The van der Waals surface area contributed by atoms with Crippen LogP contribution in [-0.2, 0) is 16.1 Å². The van der Waals surface area contributed by atoms with Gasteiger partial charge in [-0.15, -0.1) is 0 Å². The minimum absolute atomic E-state index is 0.129. The fraction of sp³-hybridized carbons (Fsp3) is 0.261. The topological polar surface area (TPSA) is 73.2 Å². The van der Waals surface area contributed by atoms with Crippen LogP contribution in [0, 0.1) is 11.7 Å². The zero-order valence-corrected chi connectivity index (χ0v) is 16.9. The third kappa shape index (κ3) is 5.76. The Morgan fingerprint density at radius 3 is 2.57 bits per heavy atom. The molecule has 0 unspecified atom stereocenters. The predicted molar refractivity (Wildman–Crippen MR) is 110 cm³/mol. The smallest absolute Gasteiger partial charge is 0.328 e. The largest absolute Gasteiger partial charge is 0.459 e. The van der Waals surface area contributed by atoms with Crippen molar-refractivity contribution >= 4 is 11.9 Å². The number of benzene rings is 2. The molecule has 6 nitrogen and oxygen atoms in total. The zero-order chi connectivity index (χ0) is 21.5. The third-order valence-corrected chi connectivity index (χ3v) is 4.42. The monoisotopic (exact) mass is 409 g/mol. The van der Waals surface area contributed by atoms with Gasteiger partial charge in [-0.2, -0.15) is 5.10 Å². The van der Waals surface area contributed by atoms with Crippen molar-refractivity contribution in [2.24, 2.45) is 5.92 Å². The van der Waals surface area contributed by atoms with Gasteiger partial charge in [0.05, 0.1) is 5.69 Å². The van der Waals surface area contributed by atoms with Crippen LogP contribution in [0.4, 0.5) is 4.39 Å². The second-order valence-corrected chi connectivity index (χ2v) is 7.37. The van der Waals surface area contributed by atoms with E-state index in [4.69, 9.17) is 4.74 Å². The van der Waals surface area contributed by atoms with E-state index in [0.717, 1.165) is 5.56 Å². The average molecular weight is 409 g/mol. The zero-order valence-electron chi connectivity index (χ0n) is 16.9. The number of nitrogens with one attached hydrogen (secondary N) is 1. The van der Waals surface area contributed by atoms with E-state index in [0.29, 0.717) is 12.1 Å². The maximum absolute atomic E-state index is 13.4. The lowest BCUT2D eigenvalue weighted by Gasteiger charge is -2.19. The van der Waals surface area contributed by atoms with Crippen LogP contribution in [0.2, 0.25) is 0 Å². The maximum Gasteiger partial charge on any atom is 0.328 e. The van der Waals surface area contributed by atoms with Gasteiger partial charge >= 0.3 is 5.97 Å². The van der Waals surface area contributed by atoms with Crippen LogP contribution in [0.15, 0.2) is 66.9 Å². The Kier molecular flexibility index (Phi) is 6.95. The molecule has 7 heteroatoms. The van der Waals surface area contributed by atoms with Crippen LogP contribution in [0.25, 0.3) is 5.69 Å². The summed E-state index contributed by atoms with van der Waals surface area (Å²) in [7, 11) is 0. The number of hydrogen-bond donors (Lipinski definition) is 1. The molecule has 0 saturated heterocycles. The van der Waals surface area contributed by atoms with Gasteiger partial charge < -0.3 is 10.1 Å². The number of nitrogens with zero attached hydrogens (tertiary/aromatic N) is 2. The van der Waals surface area contributed by atoms with Crippen molar-refractivity contribution in [3.63, 3.8) is 0 Å². The van der Waals surface area contributed by atoms with Gasteiger partial charge in [0.1, 0.15) is 18.5 Å². The fourth-order valence-electron chi connectivity index (χ4n) is 2.95. The van der Waals surface area contributed by atoms with Crippen molar-refractivity contribution in [2.75, 3.05) is 0 Å². The van der Waals surface area contributed by atoms with Crippen LogP contribution in [0.3, 0.4) is 0 Å². The van der Waals surface area contributed by atoms with Crippen LogP contribution in [0.5, 0.6) is 0 Å². The number of amides is 1. The molecule has 0 aliphatic rings. The number of rotatable bonds is 8. The molecule has 1 amide bonds. The number of aromatic nitrogens is 2. The van der Waals surface area contributed by atoms with Crippen LogP contribution >= 0.6 is 0 Å². The summed E-state index contributed by atoms with van der Waals surface area (Å²) in [6.07, 6.45) is 2.00. The molecule has 1 N–H and O–H groups in total. The van der Waals surface area contributed by atoms with Crippen LogP contribution in [0.1, 0.15) is 36.3 Å². The van der Waals surface area contributed by atoms with Gasteiger partial charge in [0, 0.05) is 6.20 Å². The molecule has 1 atom stereocenters. The number of halogens is 1. The average Bonchev–Trinajstić information content (AvgIpc) is 3.22. The summed E-state index contributed by atoms with van der Waals surface area (Å²) < 4.78 is 20.2. The number of carbonyl (C=O) groups excluding carboxylic acids is 2. The highest BCUT2D eigenvalue weighted by atomic mass is 19.1. The van der Waals surface area contributed by atoms with Crippen LogP contribution < -0.4 is 5.32 Å². The molecule has 0 aliphatic carbocycles. The first-order valence-electron chi connectivity index (χ1n) is 9.75. The second kappa shape index (κ2) is 9.82. The minimum Gasteiger partial charge on any atom is -0.459 e. The van der Waals surface area contributed by atoms with E-state index in [1.807, 2.05) is 44.2 Å². The summed E-state index contributed by atoms with van der Waals surface area (Å²) in [5, 5.41) is 6.91. The first-order chi connectivity index (χ1) is 14.4. The van der Waals surface area contributed by atoms with Gasteiger partial charge in [-0.1, -0.05) is 50.2 Å². The van der Waals surface area contributed by atoms with Gasteiger partial charge in [0.2, 0.25) is 0 Å². The summed E-state index contributed by atoms with van der Waals surface area (Å²) in [5.74, 6) is -1.21. The predicted octanol–water partition coefficient (Wildman–Crippen LogP) is 3.90. The molecule has 2 aromatic carbocycles. The lowest BCUT2D eigenvalue weighted by Crippen LogP contribution is -2.42. The molecular formula is C23H24FN3O3. The first kappa shape index (κ1) is 21.2. The standard InChI is InChI=1S/C23H24FN3O3/c1-16(2)13-21(23(29)30-15-17-7-4-3-5-8-17)25-22(28)20-11-12-27(26-20)19-10-6-9-18(24)14-19/h3-12,14,16,21H,13,15H2,1-2H3,(H,25,28)/t21-/m0/s1. The van der Waals surface area contributed by atoms with E-state index in [1.165, 1.54) is 22.9 Å². The highest BCUT2D eigenvalue weighted by Gasteiger charge is 2.25. The normalized spacial score (nSPS) is 11.9. The van der Waals surface area contributed by atoms with Crippen molar-refractivity contribution in [2.45, 2.75) is 32.9 Å². The number of carbonyl (C=O) groups is 2. The Morgan fingerprint density at radius 2 is 1.87 bits per heavy atom. The lowest BCUT2D eigenvalue weighted by molar-refractivity contribution is -0.147. The summed E-state index contributed by atoms with van der Waals surface area (Å²) in [5.41, 5.74) is 1.49. The SMILES string of the molecule is CC(C)C[C@H](NC(=O)c1ccn(-c2cccc(F)c2)n1)C(=O)OCc1ccccc1. The molecule has 3 rings (SSSR count). The Balaban J connectivity index is 1.67. The highest BCUT2D eigenvalue weighted by molar-refractivity contribution is 5.95. The fourth-order valence-corrected chi connectivity index (χ4v) is 2.95. The number of ether oxygens (including phenoxy) is 1. The number of esters is 1. The van der Waals surface area contributed by atoms with Crippen molar-refractivity contribution in [3.8, 4) is 5.69 Å². The van der Waals surface area contributed by atoms with E-state index in [1.54, 1.807) is 18.3 Å². The first-order valence-corrected chi connectivity index (χ1v) is 9.75. The summed E-state index contributed by atoms with van der Waals surface area (Å²) in [6, 6.07) is 16.0. The van der Waals surface area contributed by atoms with E-state index in [-0.39, 0.29) is 18.2 Å². The Hall–Kier alpha value is -3.48. The van der Waals surface area contributed by atoms with Crippen molar-refractivity contribution in [1.29, 1.82) is 0 Å². The molecule has 0 bridgehead atoms. The van der Waals surface area contributed by atoms with Gasteiger partial charge in [-0.25, -0.2) is 13.9 Å². The Labute approximate surface area is 174 Å². The highest BCUT2D eigenvalue weighted by Crippen LogP contribution is 2.12. The van der Waals surface area contributed by atoms with E-state index in [2.05, 4.69) is 10.4 Å². The van der Waals surface area contributed by atoms with E-state index in [9.17, 15) is 14.0 Å². The molecule has 3 aromatic rings. The molecule has 156 valence electrons. The summed E-state index contributed by atoms with van der Waals surface area (Å²) >= 11 is 0. The van der Waals surface area contributed by atoms with Crippen molar-refractivity contribution in [3.05, 3.63) is 83.9 Å². The second-order valence-electron chi connectivity index (χ2n) is 7.37. The molecule has 1 aromatic heterocycles. The quantitative estimate of drug-likeness (QED) is 0.573. The van der Waals surface area contributed by atoms with Crippen LogP contribution in [-0.4, -0.2) is 27.7 Å². The number of hydrogen-bond acceptors (Lipinski definition) is 4. The van der Waals surface area contributed by atoms with Gasteiger partial charge in [-0.05, 0) is 42.2 Å². The van der Waals surface area contributed by atoms with Gasteiger partial charge in [-0.3, -0.25) is 4.79 Å². The molecule has 0 saturated carbocycles. The van der Waals surface area contributed by atoms with Crippen molar-refractivity contribution < 1.29 is 18.7 Å². The molecule has 0 aliphatic heterocycles. The molecule has 0 spiro atoms. The van der Waals surface area contributed by atoms with E-state index < -0.39 is 23.7 Å². The van der Waals surface area contributed by atoms with E-state index >= 15 is 0 Å². The van der Waals surface area contributed by atoms with Crippen molar-refractivity contribution in [1.82, 2.24) is 15.1 Å². The molecule has 0 radical (unpaired) electrons. The maximum atomic E-state index is 13.4. The Morgan fingerprint density at radius 1 is 1.10 bits per heavy atom. The van der Waals surface area contributed by atoms with Gasteiger partial charge in [0.25, 0.3) is 5.91 Å². The molecule has 0 fully saturated rings. The third-order valence-electron chi connectivity index (χ3n) is 4.42. The molecular weight excluding hydrogens is 385 g/mol. The summed E-state index contributed by atoms with van der Waals surface area (Å²) in [4.78, 5) is 25.2. The Bertz CT molecular complexity index is 1000. The minimum atomic E-state index is -0.791. The molecule has 30 heavy (non-hydrogen) atoms.